The summed E-state index contributed by atoms with van der Waals surface area (Å²) in [7, 11) is -8.15. The molecule has 0 aromatic heterocycles. The van der Waals surface area contributed by atoms with Crippen molar-refractivity contribution in [3.8, 4) is 0 Å². The predicted molar refractivity (Wildman–Crippen MR) is 162 cm³/mol. The monoisotopic (exact) mass is 650 g/mol. The largest absolute Gasteiger partial charge is 0.355 e. The van der Waals surface area contributed by atoms with Crippen LogP contribution in [0.2, 0.25) is 10.0 Å². The number of hydrogen-bond acceptors (Lipinski definition) is 8. The highest BCUT2D eigenvalue weighted by Crippen LogP contribution is 2.48. The van der Waals surface area contributed by atoms with Crippen molar-refractivity contribution in [1.29, 1.82) is 0 Å². The summed E-state index contributed by atoms with van der Waals surface area (Å²) in [5.41, 5.74) is 2.83. The van der Waals surface area contributed by atoms with Crippen LogP contribution in [-0.4, -0.2) is 55.9 Å². The molecule has 0 aliphatic carbocycles. The number of thioether (sulfide) groups is 2. The van der Waals surface area contributed by atoms with E-state index in [9.17, 15) is 25.9 Å². The van der Waals surface area contributed by atoms with E-state index in [1.807, 2.05) is 48.2 Å². The van der Waals surface area contributed by atoms with Crippen LogP contribution < -0.4 is 9.80 Å². The van der Waals surface area contributed by atoms with Crippen LogP contribution in [0.15, 0.2) is 68.9 Å². The van der Waals surface area contributed by atoms with Crippen molar-refractivity contribution < 1.29 is 25.9 Å². The molecule has 2 aliphatic heterocycles. The van der Waals surface area contributed by atoms with E-state index < -0.39 is 20.2 Å². The summed E-state index contributed by atoms with van der Waals surface area (Å²) in [5, 5.41) is 1.94. The lowest BCUT2D eigenvalue weighted by molar-refractivity contribution is 0.479. The molecule has 0 radical (unpaired) electrons. The third-order valence-corrected chi connectivity index (χ3v) is 10.6. The Labute approximate surface area is 247 Å². The summed E-state index contributed by atoms with van der Waals surface area (Å²) in [6.45, 7) is 2.84. The summed E-state index contributed by atoms with van der Waals surface area (Å²) in [6, 6.07) is 11.2. The van der Waals surface area contributed by atoms with Crippen LogP contribution in [0.1, 0.15) is 26.2 Å². The summed E-state index contributed by atoms with van der Waals surface area (Å²) in [4.78, 5) is 6.13. The molecule has 14 heteroatoms. The van der Waals surface area contributed by atoms with Crippen LogP contribution in [0.4, 0.5) is 11.4 Å². The Hall–Kier alpha value is -1.38. The Morgan fingerprint density at radius 1 is 0.923 bits per heavy atom. The third-order valence-electron chi connectivity index (χ3n) is 6.14. The van der Waals surface area contributed by atoms with Gasteiger partial charge in [-0.2, -0.15) is 16.8 Å². The molecule has 2 aromatic rings. The first-order chi connectivity index (χ1) is 18.3. The lowest BCUT2D eigenvalue weighted by atomic mass is 10.1. The fourth-order valence-corrected chi connectivity index (χ4v) is 8.12. The Kier molecular flexibility index (Phi) is 9.91. The first-order valence-corrected chi connectivity index (χ1v) is 17.8. The summed E-state index contributed by atoms with van der Waals surface area (Å²) in [6.07, 6.45) is 5.41. The zero-order valence-electron chi connectivity index (χ0n) is 21.0. The molecule has 212 valence electrons. The van der Waals surface area contributed by atoms with Gasteiger partial charge in [0.1, 0.15) is 0 Å². The molecule has 0 bridgehead atoms. The molecule has 2 N–H and O–H groups in total. The van der Waals surface area contributed by atoms with E-state index in [2.05, 4.69) is 17.1 Å². The van der Waals surface area contributed by atoms with E-state index in [0.717, 1.165) is 31.8 Å². The highest BCUT2D eigenvalue weighted by atomic mass is 35.5. The molecule has 1 unspecified atom stereocenters. The number of anilines is 2. The Balaban J connectivity index is 1.62. The number of allylic oxidation sites excluding steroid dienone is 2. The molecule has 2 aliphatic rings. The van der Waals surface area contributed by atoms with Crippen molar-refractivity contribution in [3.05, 3.63) is 69.2 Å². The lowest BCUT2D eigenvalue weighted by Gasteiger charge is -2.25. The second-order valence-corrected chi connectivity index (χ2v) is 15.3. The van der Waals surface area contributed by atoms with E-state index in [1.54, 1.807) is 23.5 Å². The van der Waals surface area contributed by atoms with Gasteiger partial charge in [0.15, 0.2) is 0 Å². The normalized spacial score (nSPS) is 18.6. The van der Waals surface area contributed by atoms with Gasteiger partial charge in [0.25, 0.3) is 20.2 Å². The van der Waals surface area contributed by atoms with Crippen molar-refractivity contribution in [2.45, 2.75) is 41.4 Å². The van der Waals surface area contributed by atoms with Gasteiger partial charge in [-0.1, -0.05) is 53.6 Å². The van der Waals surface area contributed by atoms with Crippen LogP contribution in [0.3, 0.4) is 0 Å². The number of fused-ring (bicyclic) bond motifs is 2. The molecule has 2 aromatic carbocycles. The van der Waals surface area contributed by atoms with Gasteiger partial charge in [0.05, 0.1) is 33.3 Å². The average Bonchev–Trinajstić information content (AvgIpc) is 3.34. The minimum atomic E-state index is -4.08. The molecule has 0 spiro atoms. The molecule has 0 amide bonds. The van der Waals surface area contributed by atoms with E-state index in [4.69, 9.17) is 23.2 Å². The smallest absolute Gasteiger partial charge is 0.264 e. The first kappa shape index (κ1) is 30.6. The van der Waals surface area contributed by atoms with E-state index in [0.29, 0.717) is 29.6 Å². The molecular formula is C25H28Cl2N2O6S4. The molecule has 39 heavy (non-hydrogen) atoms. The fraction of sp³-hybridized carbons (Fsp3) is 0.360. The van der Waals surface area contributed by atoms with Gasteiger partial charge < -0.3 is 9.80 Å². The van der Waals surface area contributed by atoms with Crippen LogP contribution in [0.25, 0.3) is 0 Å². The van der Waals surface area contributed by atoms with E-state index >= 15 is 0 Å². The van der Waals surface area contributed by atoms with Crippen LogP contribution >= 0.6 is 46.7 Å². The van der Waals surface area contributed by atoms with Gasteiger partial charge in [0, 0.05) is 32.9 Å². The van der Waals surface area contributed by atoms with Crippen molar-refractivity contribution in [2.75, 3.05) is 34.4 Å². The standard InChI is InChI=1S/C25H28Cl2N2O6S4/c1-2-17(13-24-28(9-3-11-38(30,31)32)20-15-18(26)5-7-22(20)36-24)14-25-29(10-4-12-39(33,34)35)21-16-19(27)6-8-23(21)37-25/h5-8,13-16,24H,2-4,9-12H2,1H3,(H,30,31,32)(H,33,34,35)/b17-13+,25-14-. The lowest BCUT2D eigenvalue weighted by Crippen LogP contribution is -2.30. The van der Waals surface area contributed by atoms with Gasteiger partial charge in [-0.25, -0.2) is 0 Å². The molecule has 1 atom stereocenters. The molecule has 2 heterocycles. The number of nitrogens with zero attached hydrogens (tertiary/aromatic N) is 2. The van der Waals surface area contributed by atoms with Crippen LogP contribution in [0.5, 0.6) is 0 Å². The Morgan fingerprint density at radius 2 is 1.51 bits per heavy atom. The highest BCUT2D eigenvalue weighted by molar-refractivity contribution is 8.03. The number of halogens is 2. The zero-order chi connectivity index (χ0) is 28.4. The van der Waals surface area contributed by atoms with Crippen LogP contribution in [0, 0.1) is 0 Å². The van der Waals surface area contributed by atoms with Crippen molar-refractivity contribution in [2.24, 2.45) is 0 Å². The summed E-state index contributed by atoms with van der Waals surface area (Å²) in [5.74, 6) is -0.674. The average molecular weight is 652 g/mol. The second-order valence-electron chi connectivity index (χ2n) is 9.04. The van der Waals surface area contributed by atoms with E-state index in [-0.39, 0.29) is 29.7 Å². The summed E-state index contributed by atoms with van der Waals surface area (Å²) < 4.78 is 63.6. The SMILES string of the molecule is CCC(/C=C1\Sc2ccc(Cl)cc2N1CCCS(=O)(=O)O)=C\C1Sc2ccc(Cl)cc2N1CCCS(=O)(=O)O. The Morgan fingerprint density at radius 3 is 2.13 bits per heavy atom. The van der Waals surface area contributed by atoms with Crippen molar-refractivity contribution >= 4 is 78.3 Å². The molecular weight excluding hydrogens is 623 g/mol. The second kappa shape index (κ2) is 12.6. The van der Waals surface area contributed by atoms with Gasteiger partial charge in [-0.3, -0.25) is 9.11 Å². The van der Waals surface area contributed by atoms with Crippen molar-refractivity contribution in [3.63, 3.8) is 0 Å². The fourth-order valence-electron chi connectivity index (χ4n) is 4.36. The third kappa shape index (κ3) is 8.32. The van der Waals surface area contributed by atoms with Gasteiger partial charge in [-0.05, 0) is 73.4 Å². The molecule has 0 fully saturated rings. The number of hydrogen-bond donors (Lipinski definition) is 2. The Bertz CT molecular complexity index is 1510. The molecule has 0 saturated carbocycles. The van der Waals surface area contributed by atoms with E-state index in [1.165, 1.54) is 0 Å². The molecule has 8 nitrogen and oxygen atoms in total. The quantitative estimate of drug-likeness (QED) is 0.258. The maximum atomic E-state index is 11.3. The molecule has 0 saturated heterocycles. The first-order valence-electron chi connectivity index (χ1n) is 12.1. The highest BCUT2D eigenvalue weighted by Gasteiger charge is 2.30. The van der Waals surface area contributed by atoms with Gasteiger partial charge in [0.2, 0.25) is 0 Å². The van der Waals surface area contributed by atoms with Crippen molar-refractivity contribution in [1.82, 2.24) is 0 Å². The topological polar surface area (TPSA) is 115 Å². The summed E-state index contributed by atoms with van der Waals surface area (Å²) >= 11 is 15.7. The maximum Gasteiger partial charge on any atom is 0.264 e. The molecule has 4 rings (SSSR count). The zero-order valence-corrected chi connectivity index (χ0v) is 25.7. The maximum absolute atomic E-state index is 11.3. The van der Waals surface area contributed by atoms with Crippen LogP contribution in [-0.2, 0) is 20.2 Å². The number of rotatable bonds is 11. The number of benzene rings is 2. The minimum Gasteiger partial charge on any atom is -0.355 e. The predicted octanol–water partition coefficient (Wildman–Crippen LogP) is 6.58. The van der Waals surface area contributed by atoms with Gasteiger partial charge >= 0.3 is 0 Å². The minimum absolute atomic E-state index is 0.122. The van der Waals surface area contributed by atoms with Gasteiger partial charge in [-0.15, -0.1) is 0 Å².